The van der Waals surface area contributed by atoms with Crippen LogP contribution in [0.2, 0.25) is 0 Å². The summed E-state index contributed by atoms with van der Waals surface area (Å²) in [5, 5.41) is 5.47. The number of hydrogen-bond acceptors (Lipinski definition) is 7. The summed E-state index contributed by atoms with van der Waals surface area (Å²) >= 11 is 1.20. The predicted molar refractivity (Wildman–Crippen MR) is 100 cm³/mol. The van der Waals surface area contributed by atoms with E-state index in [0.29, 0.717) is 23.0 Å². The molecule has 0 aliphatic heterocycles. The molecule has 0 bridgehead atoms. The molecule has 0 saturated heterocycles. The molecular weight excluding hydrogens is 340 g/mol. The van der Waals surface area contributed by atoms with Crippen LogP contribution in [0.5, 0.6) is 0 Å². The van der Waals surface area contributed by atoms with Gasteiger partial charge in [-0.05, 0) is 30.7 Å². The van der Waals surface area contributed by atoms with Crippen LogP contribution < -0.4 is 22.1 Å². The van der Waals surface area contributed by atoms with Crippen LogP contribution >= 0.6 is 11.8 Å². The summed E-state index contributed by atoms with van der Waals surface area (Å²) < 4.78 is 0. The molecule has 132 valence electrons. The number of nitrogens with two attached hydrogens (primary N) is 2. The molecule has 9 heteroatoms. The van der Waals surface area contributed by atoms with E-state index in [1.807, 2.05) is 6.92 Å². The molecule has 1 aromatic carbocycles. The van der Waals surface area contributed by atoms with Crippen LogP contribution in [-0.4, -0.2) is 27.0 Å². The Morgan fingerprint density at radius 2 is 1.60 bits per heavy atom. The molecule has 8 nitrogen and oxygen atoms in total. The van der Waals surface area contributed by atoms with Crippen LogP contribution in [0.15, 0.2) is 35.5 Å². The van der Waals surface area contributed by atoms with E-state index in [4.69, 9.17) is 11.5 Å². The minimum atomic E-state index is -0.392. The second-order valence-corrected chi connectivity index (χ2v) is 6.43. The number of amides is 2. The van der Waals surface area contributed by atoms with Gasteiger partial charge in [0.2, 0.25) is 11.8 Å². The highest BCUT2D eigenvalue weighted by Crippen LogP contribution is 2.25. The molecule has 0 fully saturated rings. The van der Waals surface area contributed by atoms with E-state index < -0.39 is 5.25 Å². The Hall–Kier alpha value is -2.81. The molecular formula is C16H20N6O2S. The number of aromatic nitrogens is 2. The number of hydrogen-bond donors (Lipinski definition) is 4. The molecule has 25 heavy (non-hydrogen) atoms. The molecule has 0 radical (unpaired) electrons. The average Bonchev–Trinajstić information content (AvgIpc) is 2.53. The van der Waals surface area contributed by atoms with E-state index in [9.17, 15) is 9.59 Å². The lowest BCUT2D eigenvalue weighted by molar-refractivity contribution is -0.116. The van der Waals surface area contributed by atoms with E-state index in [-0.39, 0.29) is 23.5 Å². The van der Waals surface area contributed by atoms with Gasteiger partial charge in [-0.3, -0.25) is 9.59 Å². The standard InChI is InChI=1S/C16H20N6O2S/c1-3-12(25-16-21-13(17)8-14(18)22-16)15(24)20-11-6-4-10(5-7-11)19-9(2)23/h4-8,12H,3H2,1-2H3,(H,19,23)(H,20,24)(H4,17,18,21,22)/t12-/m1/s1. The van der Waals surface area contributed by atoms with E-state index >= 15 is 0 Å². The van der Waals surface area contributed by atoms with Crippen molar-refractivity contribution in [3.8, 4) is 0 Å². The zero-order valence-electron chi connectivity index (χ0n) is 13.9. The van der Waals surface area contributed by atoms with Gasteiger partial charge in [-0.15, -0.1) is 0 Å². The van der Waals surface area contributed by atoms with Crippen molar-refractivity contribution >= 4 is 46.6 Å². The summed E-state index contributed by atoms with van der Waals surface area (Å²) in [6.07, 6.45) is 0.582. The number of nitrogen functional groups attached to an aromatic ring is 2. The van der Waals surface area contributed by atoms with Crippen LogP contribution in [0.1, 0.15) is 20.3 Å². The van der Waals surface area contributed by atoms with Gasteiger partial charge in [0.05, 0.1) is 5.25 Å². The first-order valence-electron chi connectivity index (χ1n) is 7.62. The molecule has 2 rings (SSSR count). The van der Waals surface area contributed by atoms with Crippen molar-refractivity contribution in [3.05, 3.63) is 30.3 Å². The third kappa shape index (κ3) is 5.64. The van der Waals surface area contributed by atoms with Gasteiger partial charge in [-0.25, -0.2) is 9.97 Å². The van der Waals surface area contributed by atoms with E-state index in [1.54, 1.807) is 24.3 Å². The molecule has 6 N–H and O–H groups in total. The predicted octanol–water partition coefficient (Wildman–Crippen LogP) is 2.11. The first kappa shape index (κ1) is 18.5. The summed E-state index contributed by atoms with van der Waals surface area (Å²) in [5.41, 5.74) is 12.6. The molecule has 0 aliphatic carbocycles. The Kier molecular flexibility index (Phi) is 6.18. The number of rotatable bonds is 6. The van der Waals surface area contributed by atoms with Gasteiger partial charge in [0.1, 0.15) is 11.6 Å². The maximum atomic E-state index is 12.5. The van der Waals surface area contributed by atoms with Crippen LogP contribution in [0, 0.1) is 0 Å². The second kappa shape index (κ2) is 8.34. The van der Waals surface area contributed by atoms with Crippen LogP contribution in [0.4, 0.5) is 23.0 Å². The largest absolute Gasteiger partial charge is 0.383 e. The quantitative estimate of drug-likeness (QED) is 0.457. The molecule has 0 spiro atoms. The summed E-state index contributed by atoms with van der Waals surface area (Å²) in [6.45, 7) is 3.33. The average molecular weight is 360 g/mol. The second-order valence-electron chi connectivity index (χ2n) is 5.26. The van der Waals surface area contributed by atoms with Crippen molar-refractivity contribution in [2.75, 3.05) is 22.1 Å². The molecule has 0 saturated carbocycles. The maximum Gasteiger partial charge on any atom is 0.237 e. The van der Waals surface area contributed by atoms with Crippen LogP contribution in [-0.2, 0) is 9.59 Å². The van der Waals surface area contributed by atoms with Crippen molar-refractivity contribution in [2.45, 2.75) is 30.7 Å². The first-order valence-corrected chi connectivity index (χ1v) is 8.50. The topological polar surface area (TPSA) is 136 Å². The molecule has 0 unspecified atom stereocenters. The summed E-state index contributed by atoms with van der Waals surface area (Å²) in [6, 6.07) is 8.33. The number of carbonyl (C=O) groups is 2. The number of anilines is 4. The lowest BCUT2D eigenvalue weighted by atomic mass is 10.2. The maximum absolute atomic E-state index is 12.5. The number of nitrogens with zero attached hydrogens (tertiary/aromatic N) is 2. The smallest absolute Gasteiger partial charge is 0.237 e. The number of thioether (sulfide) groups is 1. The van der Waals surface area contributed by atoms with Gasteiger partial charge in [0.15, 0.2) is 5.16 Å². The van der Waals surface area contributed by atoms with Crippen LogP contribution in [0.25, 0.3) is 0 Å². The highest BCUT2D eigenvalue weighted by atomic mass is 32.2. The zero-order chi connectivity index (χ0) is 18.4. The fourth-order valence-electron chi connectivity index (χ4n) is 2.03. The minimum Gasteiger partial charge on any atom is -0.383 e. The Morgan fingerprint density at radius 1 is 1.08 bits per heavy atom. The van der Waals surface area contributed by atoms with Crippen molar-refractivity contribution in [2.24, 2.45) is 0 Å². The van der Waals surface area contributed by atoms with Gasteiger partial charge in [0.25, 0.3) is 0 Å². The Morgan fingerprint density at radius 3 is 2.08 bits per heavy atom. The third-order valence-electron chi connectivity index (χ3n) is 3.13. The minimum absolute atomic E-state index is 0.152. The van der Waals surface area contributed by atoms with E-state index in [1.165, 1.54) is 24.8 Å². The first-order chi connectivity index (χ1) is 11.9. The van der Waals surface area contributed by atoms with Crippen molar-refractivity contribution in [1.82, 2.24) is 9.97 Å². The number of nitrogens with one attached hydrogen (secondary N) is 2. The summed E-state index contributed by atoms with van der Waals surface area (Å²) in [7, 11) is 0. The van der Waals surface area contributed by atoms with Gasteiger partial charge in [-0.2, -0.15) is 0 Å². The van der Waals surface area contributed by atoms with Gasteiger partial charge >= 0.3 is 0 Å². The fourth-order valence-corrected chi connectivity index (χ4v) is 2.93. The molecule has 0 aliphatic rings. The fraction of sp³-hybridized carbons (Fsp3) is 0.250. The van der Waals surface area contributed by atoms with Crippen molar-refractivity contribution in [3.63, 3.8) is 0 Å². The molecule has 2 amide bonds. The lowest BCUT2D eigenvalue weighted by Crippen LogP contribution is -2.25. The molecule has 1 aromatic heterocycles. The zero-order valence-corrected chi connectivity index (χ0v) is 14.8. The third-order valence-corrected chi connectivity index (χ3v) is 4.35. The number of carbonyl (C=O) groups excluding carboxylic acids is 2. The van der Waals surface area contributed by atoms with Gasteiger partial charge in [0, 0.05) is 24.4 Å². The monoisotopic (exact) mass is 360 g/mol. The summed E-state index contributed by atoms with van der Waals surface area (Å²) in [5.74, 6) is 0.197. The highest BCUT2D eigenvalue weighted by Gasteiger charge is 2.20. The summed E-state index contributed by atoms with van der Waals surface area (Å²) in [4.78, 5) is 31.6. The number of benzene rings is 1. The normalized spacial score (nSPS) is 11.6. The van der Waals surface area contributed by atoms with Gasteiger partial charge in [-0.1, -0.05) is 18.7 Å². The van der Waals surface area contributed by atoms with Crippen molar-refractivity contribution < 1.29 is 9.59 Å². The Bertz CT molecular complexity index is 745. The Labute approximate surface area is 149 Å². The molecule has 2 aromatic rings. The van der Waals surface area contributed by atoms with E-state index in [2.05, 4.69) is 20.6 Å². The van der Waals surface area contributed by atoms with Crippen LogP contribution in [0.3, 0.4) is 0 Å². The Balaban J connectivity index is 2.02. The van der Waals surface area contributed by atoms with Crippen molar-refractivity contribution in [1.29, 1.82) is 0 Å². The lowest BCUT2D eigenvalue weighted by Gasteiger charge is -2.14. The van der Waals surface area contributed by atoms with Gasteiger partial charge < -0.3 is 22.1 Å². The SMILES string of the molecule is CC[C@@H](Sc1nc(N)cc(N)n1)C(=O)Nc1ccc(NC(C)=O)cc1. The molecule has 1 heterocycles. The highest BCUT2D eigenvalue weighted by molar-refractivity contribution is 8.00. The van der Waals surface area contributed by atoms with E-state index in [0.717, 1.165) is 0 Å². The molecule has 1 atom stereocenters.